The highest BCUT2D eigenvalue weighted by Crippen LogP contribution is 2.41. The lowest BCUT2D eigenvalue weighted by Gasteiger charge is -2.17. The predicted octanol–water partition coefficient (Wildman–Crippen LogP) is 1.04. The Kier molecular flexibility index (Phi) is 4.82. The summed E-state index contributed by atoms with van der Waals surface area (Å²) in [6.45, 7) is -0.306. The summed E-state index contributed by atoms with van der Waals surface area (Å²) >= 11 is 0. The minimum atomic E-state index is -4.71. The first-order valence-electron chi connectivity index (χ1n) is 4.71. The van der Waals surface area contributed by atoms with Gasteiger partial charge in [0.05, 0.1) is 5.56 Å². The van der Waals surface area contributed by atoms with Crippen LogP contribution in [0, 0.1) is 0 Å². The Labute approximate surface area is 101 Å². The van der Waals surface area contributed by atoms with E-state index >= 15 is 0 Å². The quantitative estimate of drug-likeness (QED) is 0.615. The first-order valence-corrected chi connectivity index (χ1v) is 4.71. The molecule has 0 atom stereocenters. The molecule has 0 saturated heterocycles. The Morgan fingerprint density at radius 3 is 2.44 bits per heavy atom. The fraction of sp³-hybridized carbons (Fsp3) is 0.333. The van der Waals surface area contributed by atoms with E-state index in [1.807, 2.05) is 0 Å². The Balaban J connectivity index is 3.17. The molecule has 0 aliphatic rings. The summed E-state index contributed by atoms with van der Waals surface area (Å²) in [7, 11) is -1.10. The lowest BCUT2D eigenvalue weighted by molar-refractivity contribution is -0.138. The summed E-state index contributed by atoms with van der Waals surface area (Å²) in [4.78, 5) is 0. The normalized spacial score (nSPS) is 11.2. The molecule has 0 aliphatic carbocycles. The van der Waals surface area contributed by atoms with E-state index < -0.39 is 24.8 Å². The Morgan fingerprint density at radius 2 is 1.94 bits per heavy atom. The van der Waals surface area contributed by atoms with Gasteiger partial charge in [-0.3, -0.25) is 0 Å². The van der Waals surface area contributed by atoms with Crippen molar-refractivity contribution in [3.63, 3.8) is 0 Å². The van der Waals surface area contributed by atoms with Crippen LogP contribution in [0.3, 0.4) is 0 Å². The van der Waals surface area contributed by atoms with Crippen LogP contribution < -0.4 is 9.39 Å². The number of methoxy groups -OCH3 is 1. The second kappa shape index (κ2) is 5.94. The van der Waals surface area contributed by atoms with Crippen molar-refractivity contribution in [1.82, 2.24) is 0 Å². The van der Waals surface area contributed by atoms with Gasteiger partial charge >= 0.3 is 13.5 Å². The van der Waals surface area contributed by atoms with Gasteiger partial charge in [0.15, 0.2) is 18.3 Å². The van der Waals surface area contributed by atoms with Crippen LogP contribution in [0.15, 0.2) is 18.2 Å². The van der Waals surface area contributed by atoms with E-state index in [-0.39, 0.29) is 12.5 Å². The molecule has 0 bridgehead atoms. The number of hydrogen-bond donors (Lipinski definition) is 2. The molecule has 0 aliphatic heterocycles. The maximum Gasteiger partial charge on any atom is 0.707 e. The maximum absolute atomic E-state index is 12.7. The number of halogens is 3. The molecule has 100 valence electrons. The van der Waals surface area contributed by atoms with Crippen LogP contribution in [0.1, 0.15) is 5.56 Å². The fourth-order valence-electron chi connectivity index (χ4n) is 1.20. The van der Waals surface area contributed by atoms with E-state index in [1.54, 1.807) is 0 Å². The second-order valence-electron chi connectivity index (χ2n) is 3.13. The molecule has 0 amide bonds. The lowest BCUT2D eigenvalue weighted by Crippen LogP contribution is -2.23. The average Bonchev–Trinajstić information content (AvgIpc) is 2.25. The summed E-state index contributed by atoms with van der Waals surface area (Å²) in [5.74, 6) is -1.11. The van der Waals surface area contributed by atoms with E-state index in [0.717, 1.165) is 12.1 Å². The fourth-order valence-corrected chi connectivity index (χ4v) is 1.20. The van der Waals surface area contributed by atoms with Gasteiger partial charge < -0.3 is 24.2 Å². The van der Waals surface area contributed by atoms with Gasteiger partial charge in [-0.25, -0.2) is 0 Å². The standard InChI is InChI=1S/C9H10BF3O5/c1-16-5-17-7-4-2-3-6(9(11,12)13)8(7)18-10(14)15/h2-4,14-15H,5H2,1H3. The Hall–Kier alpha value is -1.45. The van der Waals surface area contributed by atoms with Crippen molar-refractivity contribution in [1.29, 1.82) is 0 Å². The number of ether oxygens (including phenoxy) is 2. The molecule has 1 rings (SSSR count). The molecular weight excluding hydrogens is 256 g/mol. The minimum absolute atomic E-state index is 0.306. The van der Waals surface area contributed by atoms with Crippen LogP contribution >= 0.6 is 0 Å². The molecule has 0 unspecified atom stereocenters. The zero-order valence-electron chi connectivity index (χ0n) is 9.27. The summed E-state index contributed by atoms with van der Waals surface area (Å²) in [5, 5.41) is 17.3. The topological polar surface area (TPSA) is 68.2 Å². The smallest absolute Gasteiger partial charge is 0.509 e. The molecule has 0 radical (unpaired) electrons. The SMILES string of the molecule is COCOc1cccc(C(F)(F)F)c1OB(O)O. The molecule has 1 aromatic carbocycles. The first-order chi connectivity index (χ1) is 8.36. The third-order valence-corrected chi connectivity index (χ3v) is 1.84. The summed E-state index contributed by atoms with van der Waals surface area (Å²) in [5.41, 5.74) is -1.18. The molecule has 0 heterocycles. The van der Waals surface area contributed by atoms with E-state index in [1.165, 1.54) is 13.2 Å². The van der Waals surface area contributed by atoms with Gasteiger partial charge in [0.1, 0.15) is 0 Å². The zero-order valence-corrected chi connectivity index (χ0v) is 9.27. The number of benzene rings is 1. The third kappa shape index (κ3) is 3.79. The van der Waals surface area contributed by atoms with E-state index in [9.17, 15) is 13.2 Å². The van der Waals surface area contributed by atoms with Crippen LogP contribution in [0.25, 0.3) is 0 Å². The maximum atomic E-state index is 12.7. The highest BCUT2D eigenvalue weighted by Gasteiger charge is 2.37. The van der Waals surface area contributed by atoms with Crippen LogP contribution in [-0.2, 0) is 10.9 Å². The number of alkyl halides is 3. The van der Waals surface area contributed by atoms with Crippen molar-refractivity contribution >= 4 is 7.32 Å². The van der Waals surface area contributed by atoms with Gasteiger partial charge in [0.2, 0.25) is 0 Å². The lowest BCUT2D eigenvalue weighted by atomic mass is 10.1. The molecular formula is C9H10BF3O5. The van der Waals surface area contributed by atoms with Crippen LogP contribution in [-0.4, -0.2) is 31.3 Å². The van der Waals surface area contributed by atoms with Crippen LogP contribution in [0.2, 0.25) is 0 Å². The number of rotatable bonds is 5. The molecule has 2 N–H and O–H groups in total. The van der Waals surface area contributed by atoms with Crippen molar-refractivity contribution in [2.24, 2.45) is 0 Å². The largest absolute Gasteiger partial charge is 0.707 e. The number of para-hydroxylation sites is 1. The van der Waals surface area contributed by atoms with E-state index in [4.69, 9.17) is 14.8 Å². The zero-order chi connectivity index (χ0) is 13.8. The van der Waals surface area contributed by atoms with Crippen molar-refractivity contribution < 1.29 is 37.3 Å². The highest BCUT2D eigenvalue weighted by molar-refractivity contribution is 6.33. The molecule has 0 saturated carbocycles. The summed E-state index contributed by atoms with van der Waals surface area (Å²) in [6.07, 6.45) is -4.71. The van der Waals surface area contributed by atoms with Crippen LogP contribution in [0.4, 0.5) is 13.2 Å². The third-order valence-electron chi connectivity index (χ3n) is 1.84. The second-order valence-corrected chi connectivity index (χ2v) is 3.13. The highest BCUT2D eigenvalue weighted by atomic mass is 19.4. The first kappa shape index (κ1) is 14.6. The van der Waals surface area contributed by atoms with Crippen molar-refractivity contribution in [3.8, 4) is 11.5 Å². The molecule has 0 spiro atoms. The number of hydrogen-bond acceptors (Lipinski definition) is 5. The van der Waals surface area contributed by atoms with E-state index in [0.29, 0.717) is 0 Å². The summed E-state index contributed by atoms with van der Waals surface area (Å²) < 4.78 is 51.7. The summed E-state index contributed by atoms with van der Waals surface area (Å²) in [6, 6.07) is 3.02. The Morgan fingerprint density at radius 1 is 1.28 bits per heavy atom. The van der Waals surface area contributed by atoms with Gasteiger partial charge in [-0.1, -0.05) is 6.07 Å². The van der Waals surface area contributed by atoms with Crippen molar-refractivity contribution in [3.05, 3.63) is 23.8 Å². The van der Waals surface area contributed by atoms with Gasteiger partial charge in [-0.2, -0.15) is 13.2 Å². The van der Waals surface area contributed by atoms with E-state index in [2.05, 4.69) is 9.39 Å². The molecule has 9 heteroatoms. The van der Waals surface area contributed by atoms with Crippen molar-refractivity contribution in [2.75, 3.05) is 13.9 Å². The van der Waals surface area contributed by atoms with Gasteiger partial charge in [-0.15, -0.1) is 0 Å². The molecule has 0 fully saturated rings. The molecule has 5 nitrogen and oxygen atoms in total. The van der Waals surface area contributed by atoms with Crippen LogP contribution in [0.5, 0.6) is 11.5 Å². The monoisotopic (exact) mass is 266 g/mol. The van der Waals surface area contributed by atoms with Gasteiger partial charge in [-0.05, 0) is 12.1 Å². The predicted molar refractivity (Wildman–Crippen MR) is 54.8 cm³/mol. The molecule has 18 heavy (non-hydrogen) atoms. The minimum Gasteiger partial charge on any atom is -0.509 e. The van der Waals surface area contributed by atoms with Gasteiger partial charge in [0, 0.05) is 7.11 Å². The van der Waals surface area contributed by atoms with Crippen molar-refractivity contribution in [2.45, 2.75) is 6.18 Å². The molecule has 0 aromatic heterocycles. The van der Waals surface area contributed by atoms with Gasteiger partial charge in [0.25, 0.3) is 0 Å². The average molecular weight is 266 g/mol. The Bertz CT molecular complexity index is 396. The molecule has 1 aromatic rings.